The van der Waals surface area contributed by atoms with E-state index in [0.717, 1.165) is 0 Å². The molecule has 0 bridgehead atoms. The van der Waals surface area contributed by atoms with Gasteiger partial charge in [0.1, 0.15) is 0 Å². The quantitative estimate of drug-likeness (QED) is 0.597. The van der Waals surface area contributed by atoms with E-state index in [2.05, 4.69) is 0 Å². The molecule has 0 radical (unpaired) electrons. The maximum atomic E-state index is 12.3. The van der Waals surface area contributed by atoms with E-state index < -0.39 is 17.6 Å². The first-order valence-corrected chi connectivity index (χ1v) is 5.86. The summed E-state index contributed by atoms with van der Waals surface area (Å²) in [5.41, 5.74) is 5.16. The van der Waals surface area contributed by atoms with Crippen molar-refractivity contribution in [1.82, 2.24) is 4.90 Å². The van der Waals surface area contributed by atoms with Crippen LogP contribution in [0.15, 0.2) is 0 Å². The van der Waals surface area contributed by atoms with Crippen molar-refractivity contribution in [1.29, 1.82) is 0 Å². The van der Waals surface area contributed by atoms with Gasteiger partial charge in [-0.1, -0.05) is 13.8 Å². The third-order valence-electron chi connectivity index (χ3n) is 3.74. The Morgan fingerprint density at radius 1 is 1.31 bits per heavy atom. The van der Waals surface area contributed by atoms with Crippen molar-refractivity contribution in [2.45, 2.75) is 38.9 Å². The summed E-state index contributed by atoms with van der Waals surface area (Å²) in [7, 11) is 0. The van der Waals surface area contributed by atoms with Gasteiger partial charge in [0.15, 0.2) is 0 Å². The number of nitrogens with two attached hydrogens (primary N) is 1. The van der Waals surface area contributed by atoms with Crippen LogP contribution in [0.2, 0.25) is 0 Å². The molecule has 0 saturated carbocycles. The molecule has 2 atom stereocenters. The summed E-state index contributed by atoms with van der Waals surface area (Å²) < 4.78 is 0. The number of carbonyl (C=O) groups is 1. The molecule has 1 rings (SSSR count). The summed E-state index contributed by atoms with van der Waals surface area (Å²) >= 11 is 0. The minimum absolute atomic E-state index is 0.0457. The Morgan fingerprint density at radius 2 is 1.75 bits per heavy atom. The molecular weight excluding hydrogens is 208 g/mol. The lowest BCUT2D eigenvalue weighted by atomic mass is 9.81. The van der Waals surface area contributed by atoms with Gasteiger partial charge in [-0.15, -0.1) is 0 Å². The van der Waals surface area contributed by atoms with Crippen molar-refractivity contribution in [2.24, 2.45) is 11.1 Å². The van der Waals surface area contributed by atoms with E-state index in [1.807, 2.05) is 13.8 Å². The molecule has 1 aliphatic rings. The first-order valence-electron chi connectivity index (χ1n) is 5.86. The largest absolute Gasteiger partial charge is 0.388 e. The van der Waals surface area contributed by atoms with Crippen LogP contribution in [0.3, 0.4) is 0 Å². The molecule has 94 valence electrons. The van der Waals surface area contributed by atoms with Crippen LogP contribution in [-0.4, -0.2) is 52.9 Å². The predicted octanol–water partition coefficient (Wildman–Crippen LogP) is -0.684. The van der Waals surface area contributed by atoms with Crippen LogP contribution in [0.25, 0.3) is 0 Å². The zero-order valence-corrected chi connectivity index (χ0v) is 10.0. The first-order chi connectivity index (χ1) is 7.50. The summed E-state index contributed by atoms with van der Waals surface area (Å²) in [6, 6.07) is 0. The van der Waals surface area contributed by atoms with Crippen LogP contribution in [0.4, 0.5) is 0 Å². The molecule has 0 aromatic rings. The zero-order chi connectivity index (χ0) is 12.3. The standard InChI is InChI=1S/C11H22N2O3/c1-3-11(4-2,7-12)10(16)13-5-8(14)9(15)6-13/h8-9,14-15H,3-7,12H2,1-2H3/t8-,9+. The number of hydrogen-bond acceptors (Lipinski definition) is 4. The number of nitrogens with zero attached hydrogens (tertiary/aromatic N) is 1. The number of hydrogen-bond donors (Lipinski definition) is 3. The van der Waals surface area contributed by atoms with E-state index in [-0.39, 0.29) is 19.0 Å². The van der Waals surface area contributed by atoms with Crippen molar-refractivity contribution >= 4 is 5.91 Å². The average Bonchev–Trinajstić information content (AvgIpc) is 2.62. The molecule has 0 aromatic heterocycles. The summed E-state index contributed by atoms with van der Waals surface area (Å²) in [5, 5.41) is 18.9. The summed E-state index contributed by atoms with van der Waals surface area (Å²) in [4.78, 5) is 13.8. The maximum Gasteiger partial charge on any atom is 0.230 e. The molecule has 0 unspecified atom stereocenters. The molecule has 1 amide bonds. The molecular formula is C11H22N2O3. The topological polar surface area (TPSA) is 86.8 Å². The van der Waals surface area contributed by atoms with Gasteiger partial charge in [-0.3, -0.25) is 4.79 Å². The smallest absolute Gasteiger partial charge is 0.230 e. The second kappa shape index (κ2) is 5.12. The minimum atomic E-state index is -0.826. The molecule has 0 spiro atoms. The Labute approximate surface area is 96.2 Å². The molecule has 16 heavy (non-hydrogen) atoms. The Morgan fingerprint density at radius 3 is 2.06 bits per heavy atom. The van der Waals surface area contributed by atoms with E-state index in [9.17, 15) is 15.0 Å². The van der Waals surface area contributed by atoms with E-state index in [4.69, 9.17) is 5.73 Å². The van der Waals surface area contributed by atoms with E-state index in [1.165, 1.54) is 4.90 Å². The second-order valence-corrected chi connectivity index (χ2v) is 4.54. The third kappa shape index (κ3) is 2.21. The molecule has 5 nitrogen and oxygen atoms in total. The van der Waals surface area contributed by atoms with Crippen molar-refractivity contribution in [2.75, 3.05) is 19.6 Å². The van der Waals surface area contributed by atoms with Gasteiger partial charge in [-0.05, 0) is 12.8 Å². The predicted molar refractivity (Wildman–Crippen MR) is 60.7 cm³/mol. The van der Waals surface area contributed by atoms with Crippen LogP contribution in [-0.2, 0) is 4.79 Å². The highest BCUT2D eigenvalue weighted by Gasteiger charge is 2.41. The Balaban J connectivity index is 2.77. The number of likely N-dealkylation sites (tertiary alicyclic amines) is 1. The maximum absolute atomic E-state index is 12.3. The van der Waals surface area contributed by atoms with Gasteiger partial charge in [0.2, 0.25) is 5.91 Å². The fourth-order valence-corrected chi connectivity index (χ4v) is 2.20. The first kappa shape index (κ1) is 13.4. The van der Waals surface area contributed by atoms with Crippen LogP contribution in [0.1, 0.15) is 26.7 Å². The third-order valence-corrected chi connectivity index (χ3v) is 3.74. The van der Waals surface area contributed by atoms with Crippen molar-refractivity contribution in [3.63, 3.8) is 0 Å². The lowest BCUT2D eigenvalue weighted by Gasteiger charge is -2.33. The van der Waals surface area contributed by atoms with E-state index in [1.54, 1.807) is 0 Å². The highest BCUT2D eigenvalue weighted by molar-refractivity contribution is 5.83. The average molecular weight is 230 g/mol. The van der Waals surface area contributed by atoms with Gasteiger partial charge in [-0.25, -0.2) is 0 Å². The van der Waals surface area contributed by atoms with Crippen molar-refractivity contribution < 1.29 is 15.0 Å². The second-order valence-electron chi connectivity index (χ2n) is 4.54. The normalized spacial score (nSPS) is 26.2. The SMILES string of the molecule is CCC(CC)(CN)C(=O)N1C[C@@H](O)[C@@H](O)C1. The summed E-state index contributed by atoms with van der Waals surface area (Å²) in [5.74, 6) is -0.0457. The van der Waals surface area contributed by atoms with Gasteiger partial charge in [-0.2, -0.15) is 0 Å². The molecule has 4 N–H and O–H groups in total. The van der Waals surface area contributed by atoms with Gasteiger partial charge < -0.3 is 20.8 Å². The fraction of sp³-hybridized carbons (Fsp3) is 0.909. The summed E-state index contributed by atoms with van der Waals surface area (Å²) in [6.45, 7) is 4.61. The monoisotopic (exact) mass is 230 g/mol. The number of aliphatic hydroxyl groups excluding tert-OH is 2. The minimum Gasteiger partial charge on any atom is -0.388 e. The lowest BCUT2D eigenvalue weighted by Crippen LogP contribution is -2.47. The van der Waals surface area contributed by atoms with Crippen LogP contribution in [0.5, 0.6) is 0 Å². The van der Waals surface area contributed by atoms with Crippen molar-refractivity contribution in [3.8, 4) is 0 Å². The highest BCUT2D eigenvalue weighted by Crippen LogP contribution is 2.29. The number of aliphatic hydroxyl groups is 2. The summed E-state index contributed by atoms with van der Waals surface area (Å²) in [6.07, 6.45) is -0.287. The van der Waals surface area contributed by atoms with Gasteiger partial charge in [0.05, 0.1) is 17.6 Å². The Hall–Kier alpha value is -0.650. The van der Waals surface area contributed by atoms with Gasteiger partial charge in [0.25, 0.3) is 0 Å². The van der Waals surface area contributed by atoms with Crippen LogP contribution in [0, 0.1) is 5.41 Å². The molecule has 5 heteroatoms. The molecule has 1 fully saturated rings. The van der Waals surface area contributed by atoms with Crippen LogP contribution < -0.4 is 5.73 Å². The Bertz CT molecular complexity index is 235. The zero-order valence-electron chi connectivity index (χ0n) is 10.0. The van der Waals surface area contributed by atoms with E-state index >= 15 is 0 Å². The molecule has 1 heterocycles. The number of carbonyl (C=O) groups excluding carboxylic acids is 1. The van der Waals surface area contributed by atoms with Crippen LogP contribution >= 0.6 is 0 Å². The van der Waals surface area contributed by atoms with Gasteiger partial charge >= 0.3 is 0 Å². The van der Waals surface area contributed by atoms with E-state index in [0.29, 0.717) is 19.4 Å². The van der Waals surface area contributed by atoms with Crippen molar-refractivity contribution in [3.05, 3.63) is 0 Å². The Kier molecular flexibility index (Phi) is 4.29. The lowest BCUT2D eigenvalue weighted by molar-refractivity contribution is -0.141. The molecule has 1 saturated heterocycles. The number of β-amino-alcohol motifs (C(OH)–C–C–N with tert-alkyl or cyclic N) is 2. The van der Waals surface area contributed by atoms with Gasteiger partial charge in [0, 0.05) is 19.6 Å². The number of amides is 1. The number of rotatable bonds is 4. The molecule has 0 aliphatic carbocycles. The fourth-order valence-electron chi connectivity index (χ4n) is 2.20. The highest BCUT2D eigenvalue weighted by atomic mass is 16.3. The molecule has 1 aliphatic heterocycles. The molecule has 0 aromatic carbocycles.